The maximum Gasteiger partial charge on any atom is 0.276 e. The molecule has 1 atom stereocenters. The lowest BCUT2D eigenvalue weighted by Crippen LogP contribution is -2.32. The van der Waals surface area contributed by atoms with Crippen LogP contribution in [-0.4, -0.2) is 34.8 Å². The van der Waals surface area contributed by atoms with Crippen molar-refractivity contribution in [2.75, 3.05) is 23.7 Å². The smallest absolute Gasteiger partial charge is 0.276 e. The number of anilines is 2. The minimum absolute atomic E-state index is 0. The van der Waals surface area contributed by atoms with Crippen molar-refractivity contribution in [1.82, 2.24) is 15.1 Å². The predicted octanol–water partition coefficient (Wildman–Crippen LogP) is 4.13. The van der Waals surface area contributed by atoms with Gasteiger partial charge in [0.25, 0.3) is 5.91 Å². The first kappa shape index (κ1) is 21.8. The zero-order valence-electron chi connectivity index (χ0n) is 14.8. The van der Waals surface area contributed by atoms with Gasteiger partial charge in [0, 0.05) is 23.8 Å². The van der Waals surface area contributed by atoms with E-state index in [9.17, 15) is 4.79 Å². The van der Waals surface area contributed by atoms with Crippen LogP contribution in [0.1, 0.15) is 42.2 Å². The summed E-state index contributed by atoms with van der Waals surface area (Å²) >= 11 is 6.10. The lowest BCUT2D eigenvalue weighted by Gasteiger charge is -2.22. The largest absolute Gasteiger partial charge is 0.381 e. The normalized spacial score (nSPS) is 18.8. The van der Waals surface area contributed by atoms with E-state index in [0.29, 0.717) is 28.5 Å². The molecule has 0 radical (unpaired) electrons. The van der Waals surface area contributed by atoms with Crippen molar-refractivity contribution in [3.8, 4) is 0 Å². The molecular weight excluding hydrogens is 409 g/mol. The fourth-order valence-corrected chi connectivity index (χ4v) is 3.27. The van der Waals surface area contributed by atoms with Gasteiger partial charge in [0.15, 0.2) is 5.69 Å². The summed E-state index contributed by atoms with van der Waals surface area (Å²) in [6.45, 7) is 1.95. The molecule has 1 aromatic carbocycles. The molecule has 0 bridgehead atoms. The lowest BCUT2D eigenvalue weighted by atomic mass is 10.1. The number of benzene rings is 1. The highest BCUT2D eigenvalue weighted by Gasteiger charge is 2.23. The quantitative estimate of drug-likeness (QED) is 0.664. The van der Waals surface area contributed by atoms with E-state index in [1.54, 1.807) is 12.1 Å². The predicted molar refractivity (Wildman–Crippen MR) is 114 cm³/mol. The molecule has 4 rings (SSSR count). The van der Waals surface area contributed by atoms with Crippen molar-refractivity contribution < 1.29 is 4.79 Å². The van der Waals surface area contributed by atoms with Gasteiger partial charge in [-0.2, -0.15) is 5.10 Å². The van der Waals surface area contributed by atoms with Gasteiger partial charge in [0.1, 0.15) is 0 Å². The van der Waals surface area contributed by atoms with Gasteiger partial charge in [0.2, 0.25) is 0 Å². The zero-order chi connectivity index (χ0) is 17.2. The Kier molecular flexibility index (Phi) is 7.79. The van der Waals surface area contributed by atoms with Crippen LogP contribution in [0.4, 0.5) is 11.4 Å². The fourth-order valence-electron chi connectivity index (χ4n) is 3.10. The van der Waals surface area contributed by atoms with Crippen LogP contribution < -0.4 is 16.0 Å². The second-order valence-electron chi connectivity index (χ2n) is 6.74. The molecule has 1 saturated carbocycles. The molecule has 1 aliphatic carbocycles. The van der Waals surface area contributed by atoms with Crippen LogP contribution >= 0.6 is 36.4 Å². The Labute approximate surface area is 176 Å². The molecule has 9 heteroatoms. The van der Waals surface area contributed by atoms with Crippen LogP contribution in [0.5, 0.6) is 0 Å². The summed E-state index contributed by atoms with van der Waals surface area (Å²) in [5.41, 5.74) is 2.01. The van der Waals surface area contributed by atoms with Crippen molar-refractivity contribution in [1.29, 1.82) is 0 Å². The fraction of sp³-hybridized carbons (Fsp3) is 0.444. The molecule has 2 heterocycles. The summed E-state index contributed by atoms with van der Waals surface area (Å²) in [6.07, 6.45) is 6.42. The number of amides is 1. The van der Waals surface area contributed by atoms with E-state index in [0.717, 1.165) is 44.5 Å². The third kappa shape index (κ3) is 5.51. The Balaban J connectivity index is 0.00000131. The SMILES string of the molecule is Cl.Cl.O=C(Nc1cc(Cl)ccc1NC1CC1)c1ccn(C2CCCNC2)n1. The van der Waals surface area contributed by atoms with E-state index < -0.39 is 0 Å². The first-order chi connectivity index (χ1) is 12.2. The van der Waals surface area contributed by atoms with Crippen LogP contribution in [-0.2, 0) is 0 Å². The number of nitrogens with zero attached hydrogens (tertiary/aromatic N) is 2. The molecule has 1 unspecified atom stereocenters. The Hall–Kier alpha value is -1.47. The molecule has 148 valence electrons. The third-order valence-electron chi connectivity index (χ3n) is 4.65. The molecule has 1 aliphatic heterocycles. The third-order valence-corrected chi connectivity index (χ3v) is 4.89. The molecule has 2 aliphatic rings. The number of hydrogen-bond donors (Lipinski definition) is 3. The Bertz CT molecular complexity index is 772. The zero-order valence-corrected chi connectivity index (χ0v) is 17.2. The number of hydrogen-bond acceptors (Lipinski definition) is 4. The van der Waals surface area contributed by atoms with Gasteiger partial charge in [-0.3, -0.25) is 9.48 Å². The number of nitrogens with one attached hydrogen (secondary N) is 3. The van der Waals surface area contributed by atoms with Crippen molar-refractivity contribution in [2.24, 2.45) is 0 Å². The first-order valence-corrected chi connectivity index (χ1v) is 9.20. The number of aromatic nitrogens is 2. The van der Waals surface area contributed by atoms with Gasteiger partial charge in [0.05, 0.1) is 17.4 Å². The summed E-state index contributed by atoms with van der Waals surface area (Å²) in [7, 11) is 0. The molecule has 1 amide bonds. The molecular formula is C18H24Cl3N5O. The van der Waals surface area contributed by atoms with Crippen molar-refractivity contribution in [2.45, 2.75) is 37.8 Å². The molecule has 2 aromatic rings. The molecule has 1 saturated heterocycles. The van der Waals surface area contributed by atoms with Crippen LogP contribution in [0.25, 0.3) is 0 Å². The Morgan fingerprint density at radius 2 is 2.00 bits per heavy atom. The molecule has 3 N–H and O–H groups in total. The summed E-state index contributed by atoms with van der Waals surface area (Å²) in [5.74, 6) is -0.219. The van der Waals surface area contributed by atoms with Crippen molar-refractivity contribution in [3.05, 3.63) is 41.2 Å². The lowest BCUT2D eigenvalue weighted by molar-refractivity contribution is 0.102. The minimum atomic E-state index is -0.219. The van der Waals surface area contributed by atoms with Gasteiger partial charge in [-0.05, 0) is 56.5 Å². The first-order valence-electron chi connectivity index (χ1n) is 8.82. The van der Waals surface area contributed by atoms with E-state index in [4.69, 9.17) is 11.6 Å². The molecule has 1 aromatic heterocycles. The molecule has 0 spiro atoms. The highest BCUT2D eigenvalue weighted by Crippen LogP contribution is 2.31. The number of halogens is 3. The van der Waals surface area contributed by atoms with Crippen LogP contribution in [0.3, 0.4) is 0 Å². The minimum Gasteiger partial charge on any atom is -0.381 e. The van der Waals surface area contributed by atoms with E-state index in [1.165, 1.54) is 0 Å². The highest BCUT2D eigenvalue weighted by atomic mass is 35.5. The summed E-state index contributed by atoms with van der Waals surface area (Å²) in [4.78, 5) is 12.6. The molecule has 27 heavy (non-hydrogen) atoms. The maximum absolute atomic E-state index is 12.6. The second-order valence-corrected chi connectivity index (χ2v) is 7.18. The van der Waals surface area contributed by atoms with Gasteiger partial charge >= 0.3 is 0 Å². The Morgan fingerprint density at radius 1 is 1.19 bits per heavy atom. The topological polar surface area (TPSA) is 71.0 Å². The van der Waals surface area contributed by atoms with E-state index in [-0.39, 0.29) is 30.7 Å². The van der Waals surface area contributed by atoms with E-state index in [1.807, 2.05) is 23.0 Å². The standard InChI is InChI=1S/C18H22ClN5O.2ClH/c19-12-3-6-15(21-13-4-5-13)17(10-12)22-18(25)16-7-9-24(23-16)14-2-1-8-20-11-14;;/h3,6-7,9-10,13-14,20-21H,1-2,4-5,8,11H2,(H,22,25);2*1H. The van der Waals surface area contributed by atoms with E-state index in [2.05, 4.69) is 21.0 Å². The van der Waals surface area contributed by atoms with Crippen LogP contribution in [0.2, 0.25) is 5.02 Å². The maximum atomic E-state index is 12.6. The van der Waals surface area contributed by atoms with Crippen molar-refractivity contribution >= 4 is 53.7 Å². The summed E-state index contributed by atoms with van der Waals surface area (Å²) < 4.78 is 1.89. The average Bonchev–Trinajstić information content (AvgIpc) is 3.30. The van der Waals surface area contributed by atoms with Crippen LogP contribution in [0.15, 0.2) is 30.5 Å². The average molecular weight is 433 g/mol. The monoisotopic (exact) mass is 431 g/mol. The number of piperidine rings is 1. The van der Waals surface area contributed by atoms with Gasteiger partial charge in [-0.25, -0.2) is 0 Å². The number of rotatable bonds is 5. The number of carbonyl (C=O) groups excluding carboxylic acids is 1. The summed E-state index contributed by atoms with van der Waals surface area (Å²) in [6, 6.07) is 8.08. The molecule has 2 fully saturated rings. The van der Waals surface area contributed by atoms with Crippen molar-refractivity contribution in [3.63, 3.8) is 0 Å². The van der Waals surface area contributed by atoms with Gasteiger partial charge in [-0.15, -0.1) is 24.8 Å². The summed E-state index contributed by atoms with van der Waals surface area (Å²) in [5, 5.41) is 14.8. The van der Waals surface area contributed by atoms with Gasteiger partial charge < -0.3 is 16.0 Å². The van der Waals surface area contributed by atoms with Gasteiger partial charge in [-0.1, -0.05) is 11.6 Å². The van der Waals surface area contributed by atoms with E-state index >= 15 is 0 Å². The molecule has 6 nitrogen and oxygen atoms in total. The number of carbonyl (C=O) groups is 1. The second kappa shape index (κ2) is 9.64. The Morgan fingerprint density at radius 3 is 2.70 bits per heavy atom. The highest BCUT2D eigenvalue weighted by molar-refractivity contribution is 6.31. The van der Waals surface area contributed by atoms with Crippen LogP contribution in [0, 0.1) is 0 Å².